The predicted molar refractivity (Wildman–Crippen MR) is 86.6 cm³/mol. The van der Waals surface area contributed by atoms with E-state index in [0.717, 1.165) is 0 Å². The van der Waals surface area contributed by atoms with Gasteiger partial charge in [-0.3, -0.25) is 0 Å². The second kappa shape index (κ2) is 6.04. The molecule has 2 heterocycles. The van der Waals surface area contributed by atoms with Gasteiger partial charge in [0.15, 0.2) is 0 Å². The molecule has 3 heteroatoms. The Morgan fingerprint density at radius 2 is 1.75 bits per heavy atom. The number of piperidine rings is 1. The zero-order valence-electron chi connectivity index (χ0n) is 12.8. The number of anilines is 2. The molecule has 2 atom stereocenters. The molecule has 20 heavy (non-hydrogen) atoms. The molecule has 2 saturated heterocycles. The van der Waals surface area contributed by atoms with Crippen molar-refractivity contribution in [2.45, 2.75) is 44.7 Å². The highest BCUT2D eigenvalue weighted by Crippen LogP contribution is 2.24. The normalized spacial score (nSPS) is 27.8. The predicted octanol–water partition coefficient (Wildman–Crippen LogP) is 3.18. The maximum absolute atomic E-state index is 3.70. The topological polar surface area (TPSA) is 18.5 Å². The van der Waals surface area contributed by atoms with Crippen LogP contribution in [0.1, 0.15) is 32.6 Å². The minimum absolute atomic E-state index is 0.624. The summed E-state index contributed by atoms with van der Waals surface area (Å²) in [5.74, 6) is 0. The van der Waals surface area contributed by atoms with E-state index in [1.807, 2.05) is 0 Å². The van der Waals surface area contributed by atoms with E-state index in [-0.39, 0.29) is 0 Å². The number of benzene rings is 1. The number of hydrogen-bond acceptors (Lipinski definition) is 3. The van der Waals surface area contributed by atoms with Gasteiger partial charge < -0.3 is 15.1 Å². The highest BCUT2D eigenvalue weighted by atomic mass is 15.2. The molecule has 0 aromatic heterocycles. The van der Waals surface area contributed by atoms with E-state index >= 15 is 0 Å². The summed E-state index contributed by atoms with van der Waals surface area (Å²) in [4.78, 5) is 4.94. The molecule has 2 aliphatic heterocycles. The average Bonchev–Trinajstić information content (AvgIpc) is 2.98. The van der Waals surface area contributed by atoms with E-state index in [1.165, 1.54) is 56.7 Å². The van der Waals surface area contributed by atoms with Gasteiger partial charge in [-0.05, 0) is 63.9 Å². The van der Waals surface area contributed by atoms with Crippen LogP contribution in [0.2, 0.25) is 0 Å². The van der Waals surface area contributed by atoms with Gasteiger partial charge in [-0.25, -0.2) is 0 Å². The molecule has 2 fully saturated rings. The van der Waals surface area contributed by atoms with Crippen molar-refractivity contribution in [2.75, 3.05) is 36.9 Å². The Bertz CT molecular complexity index is 422. The SMILES string of the molecule is CC1CC(Nc2ccc(N3CCCC3)cc2)CCN1C. The summed E-state index contributed by atoms with van der Waals surface area (Å²) in [5, 5.41) is 3.70. The fraction of sp³-hybridized carbons (Fsp3) is 0.647. The number of rotatable bonds is 3. The molecule has 3 rings (SSSR count). The van der Waals surface area contributed by atoms with Gasteiger partial charge in [0.2, 0.25) is 0 Å². The third kappa shape index (κ3) is 3.09. The summed E-state index contributed by atoms with van der Waals surface area (Å²) >= 11 is 0. The molecule has 110 valence electrons. The zero-order valence-corrected chi connectivity index (χ0v) is 12.8. The Labute approximate surface area is 123 Å². The number of nitrogens with zero attached hydrogens (tertiary/aromatic N) is 2. The quantitative estimate of drug-likeness (QED) is 0.912. The Kier molecular flexibility index (Phi) is 4.16. The van der Waals surface area contributed by atoms with Gasteiger partial charge in [0.1, 0.15) is 0 Å². The van der Waals surface area contributed by atoms with Gasteiger partial charge in [-0.15, -0.1) is 0 Å². The molecule has 0 spiro atoms. The van der Waals surface area contributed by atoms with Crippen molar-refractivity contribution in [1.29, 1.82) is 0 Å². The third-order valence-electron chi connectivity index (χ3n) is 4.92. The summed E-state index contributed by atoms with van der Waals surface area (Å²) in [7, 11) is 2.23. The Morgan fingerprint density at radius 1 is 1.05 bits per heavy atom. The van der Waals surface area contributed by atoms with Crippen molar-refractivity contribution < 1.29 is 0 Å². The second-order valence-electron chi connectivity index (χ2n) is 6.44. The van der Waals surface area contributed by atoms with E-state index in [4.69, 9.17) is 0 Å². The molecular formula is C17H27N3. The molecule has 0 radical (unpaired) electrons. The standard InChI is InChI=1S/C17H27N3/c1-14-13-16(9-12-19(14)2)18-15-5-7-17(8-6-15)20-10-3-4-11-20/h5-8,14,16,18H,3-4,9-13H2,1-2H3. The summed E-state index contributed by atoms with van der Waals surface area (Å²) in [5.41, 5.74) is 2.65. The van der Waals surface area contributed by atoms with Crippen molar-refractivity contribution in [2.24, 2.45) is 0 Å². The van der Waals surface area contributed by atoms with Crippen LogP contribution in [0.3, 0.4) is 0 Å². The van der Waals surface area contributed by atoms with Crippen molar-refractivity contribution in [3.63, 3.8) is 0 Å². The van der Waals surface area contributed by atoms with Crippen molar-refractivity contribution in [3.8, 4) is 0 Å². The largest absolute Gasteiger partial charge is 0.382 e. The number of likely N-dealkylation sites (tertiary alicyclic amines) is 1. The maximum atomic E-state index is 3.70. The first-order valence-electron chi connectivity index (χ1n) is 8.04. The molecule has 1 N–H and O–H groups in total. The summed E-state index contributed by atoms with van der Waals surface area (Å²) in [6, 6.07) is 10.3. The minimum Gasteiger partial charge on any atom is -0.382 e. The van der Waals surface area contributed by atoms with Crippen LogP contribution in [-0.2, 0) is 0 Å². The Hall–Kier alpha value is -1.22. The summed E-state index contributed by atoms with van der Waals surface area (Å²) in [6.45, 7) is 5.97. The summed E-state index contributed by atoms with van der Waals surface area (Å²) < 4.78 is 0. The van der Waals surface area contributed by atoms with Gasteiger partial charge in [-0.1, -0.05) is 0 Å². The summed E-state index contributed by atoms with van der Waals surface area (Å²) in [6.07, 6.45) is 5.17. The molecule has 0 amide bonds. The lowest BCUT2D eigenvalue weighted by molar-refractivity contribution is 0.190. The lowest BCUT2D eigenvalue weighted by atomic mass is 9.98. The van der Waals surface area contributed by atoms with Gasteiger partial charge in [0.05, 0.1) is 0 Å². The lowest BCUT2D eigenvalue weighted by Crippen LogP contribution is -2.42. The van der Waals surface area contributed by atoms with E-state index in [2.05, 4.69) is 53.4 Å². The van der Waals surface area contributed by atoms with Crippen LogP contribution in [0.15, 0.2) is 24.3 Å². The molecule has 0 saturated carbocycles. The van der Waals surface area contributed by atoms with Crippen LogP contribution in [-0.4, -0.2) is 43.7 Å². The molecule has 2 aliphatic rings. The molecular weight excluding hydrogens is 246 g/mol. The minimum atomic E-state index is 0.624. The third-order valence-corrected chi connectivity index (χ3v) is 4.92. The van der Waals surface area contributed by atoms with Crippen molar-refractivity contribution in [1.82, 2.24) is 4.90 Å². The van der Waals surface area contributed by atoms with Crippen LogP contribution in [0.4, 0.5) is 11.4 Å². The van der Waals surface area contributed by atoms with Crippen molar-refractivity contribution >= 4 is 11.4 Å². The second-order valence-corrected chi connectivity index (χ2v) is 6.44. The highest BCUT2D eigenvalue weighted by molar-refractivity contribution is 5.55. The van der Waals surface area contributed by atoms with Crippen LogP contribution in [0.5, 0.6) is 0 Å². The molecule has 0 bridgehead atoms. The Morgan fingerprint density at radius 3 is 2.40 bits per heavy atom. The lowest BCUT2D eigenvalue weighted by Gasteiger charge is -2.35. The van der Waals surface area contributed by atoms with Gasteiger partial charge >= 0.3 is 0 Å². The first-order chi connectivity index (χ1) is 9.72. The zero-order chi connectivity index (χ0) is 13.9. The number of hydrogen-bond donors (Lipinski definition) is 1. The van der Waals surface area contributed by atoms with Crippen LogP contribution in [0.25, 0.3) is 0 Å². The molecule has 2 unspecified atom stereocenters. The van der Waals surface area contributed by atoms with Crippen LogP contribution < -0.4 is 10.2 Å². The maximum Gasteiger partial charge on any atom is 0.0367 e. The first kappa shape index (κ1) is 13.7. The molecule has 0 aliphatic carbocycles. The van der Waals surface area contributed by atoms with Gasteiger partial charge in [0.25, 0.3) is 0 Å². The molecule has 1 aromatic carbocycles. The fourth-order valence-electron chi connectivity index (χ4n) is 3.40. The first-order valence-corrected chi connectivity index (χ1v) is 8.04. The van der Waals surface area contributed by atoms with Gasteiger partial charge in [-0.2, -0.15) is 0 Å². The van der Waals surface area contributed by atoms with E-state index < -0.39 is 0 Å². The average molecular weight is 273 g/mol. The monoisotopic (exact) mass is 273 g/mol. The molecule has 3 nitrogen and oxygen atoms in total. The van der Waals surface area contributed by atoms with Gasteiger partial charge in [0, 0.05) is 43.1 Å². The smallest absolute Gasteiger partial charge is 0.0367 e. The van der Waals surface area contributed by atoms with E-state index in [1.54, 1.807) is 0 Å². The number of nitrogens with one attached hydrogen (secondary N) is 1. The van der Waals surface area contributed by atoms with Crippen LogP contribution in [0, 0.1) is 0 Å². The fourth-order valence-corrected chi connectivity index (χ4v) is 3.40. The molecule has 1 aromatic rings. The highest BCUT2D eigenvalue weighted by Gasteiger charge is 2.22. The Balaban J connectivity index is 1.58. The van der Waals surface area contributed by atoms with E-state index in [0.29, 0.717) is 12.1 Å². The van der Waals surface area contributed by atoms with E-state index in [9.17, 15) is 0 Å². The van der Waals surface area contributed by atoms with Crippen molar-refractivity contribution in [3.05, 3.63) is 24.3 Å². The van der Waals surface area contributed by atoms with Crippen LogP contribution >= 0.6 is 0 Å².